The highest BCUT2D eigenvalue weighted by molar-refractivity contribution is 6.05. The molecule has 0 atom stereocenters. The van der Waals surface area contributed by atoms with E-state index in [2.05, 4.69) is 231 Å². The van der Waals surface area contributed by atoms with Crippen LogP contribution in [0.2, 0.25) is 0 Å². The van der Waals surface area contributed by atoms with Crippen molar-refractivity contribution in [3.8, 4) is 89.0 Å². The van der Waals surface area contributed by atoms with Crippen molar-refractivity contribution >= 4 is 0 Å². The van der Waals surface area contributed by atoms with Gasteiger partial charge in [-0.05, 0) is 102 Å². The second kappa shape index (κ2) is 15.1. The van der Waals surface area contributed by atoms with Crippen LogP contribution in [-0.2, 0) is 0 Å². The molecule has 0 N–H and O–H groups in total. The van der Waals surface area contributed by atoms with Crippen LogP contribution in [-0.4, -0.2) is 0 Å². The lowest BCUT2D eigenvalue weighted by atomic mass is 9.79. The Balaban J connectivity index is 1.33. The molecule has 0 heteroatoms. The van der Waals surface area contributed by atoms with Crippen LogP contribution in [0.15, 0.2) is 224 Å². The van der Waals surface area contributed by atoms with Crippen molar-refractivity contribution in [2.75, 3.05) is 0 Å². The van der Waals surface area contributed by atoms with Gasteiger partial charge < -0.3 is 0 Å². The molecular weight excluding hydrogens is 661 g/mol. The van der Waals surface area contributed by atoms with Crippen molar-refractivity contribution in [2.45, 2.75) is 6.92 Å². The standard InChI is InChI=1S/C55H40/c1-39-38-50(42-24-12-4-13-25-42)54(55(45-30-18-7-19-31-45)51(39)43-26-14-5-15-27-43)47-34-32-46(33-35-47)53-49(41-22-10-3-11-23-41)37-36-48(40-20-8-2-9-21-40)52(53)44-28-16-6-17-29-44/h2-38H,1H3. The summed E-state index contributed by atoms with van der Waals surface area (Å²) in [5, 5.41) is 0. The topological polar surface area (TPSA) is 0 Å². The van der Waals surface area contributed by atoms with Crippen LogP contribution in [0.5, 0.6) is 0 Å². The van der Waals surface area contributed by atoms with Gasteiger partial charge in [-0.3, -0.25) is 0 Å². The van der Waals surface area contributed by atoms with Crippen LogP contribution in [0.25, 0.3) is 89.0 Å². The Kier molecular flexibility index (Phi) is 9.31. The molecule has 0 radical (unpaired) electrons. The van der Waals surface area contributed by atoms with E-state index in [1.807, 2.05) is 0 Å². The van der Waals surface area contributed by atoms with Crippen LogP contribution < -0.4 is 0 Å². The summed E-state index contributed by atoms with van der Waals surface area (Å²) >= 11 is 0. The normalized spacial score (nSPS) is 11.0. The zero-order chi connectivity index (χ0) is 37.0. The molecule has 0 heterocycles. The Morgan fingerprint density at radius 3 is 0.818 bits per heavy atom. The Morgan fingerprint density at radius 2 is 0.455 bits per heavy atom. The van der Waals surface area contributed by atoms with Gasteiger partial charge >= 0.3 is 0 Å². The smallest absolute Gasteiger partial charge is 0.00179 e. The first-order valence-corrected chi connectivity index (χ1v) is 19.0. The predicted molar refractivity (Wildman–Crippen MR) is 235 cm³/mol. The van der Waals surface area contributed by atoms with E-state index in [9.17, 15) is 0 Å². The van der Waals surface area contributed by atoms with Gasteiger partial charge in [-0.15, -0.1) is 0 Å². The van der Waals surface area contributed by atoms with E-state index in [1.54, 1.807) is 0 Å². The van der Waals surface area contributed by atoms with Gasteiger partial charge in [0.15, 0.2) is 0 Å². The highest BCUT2D eigenvalue weighted by Crippen LogP contribution is 2.49. The first-order valence-electron chi connectivity index (χ1n) is 19.0. The predicted octanol–water partition coefficient (Wildman–Crippen LogP) is 15.3. The molecule has 0 saturated heterocycles. The molecule has 0 amide bonds. The number of hydrogen-bond donors (Lipinski definition) is 0. The Hall–Kier alpha value is -7.02. The molecule has 0 nitrogen and oxygen atoms in total. The molecule has 0 unspecified atom stereocenters. The van der Waals surface area contributed by atoms with Crippen molar-refractivity contribution in [2.24, 2.45) is 0 Å². The van der Waals surface area contributed by atoms with Gasteiger partial charge in [-0.2, -0.15) is 0 Å². The molecule has 0 aromatic heterocycles. The summed E-state index contributed by atoms with van der Waals surface area (Å²) in [4.78, 5) is 0. The first kappa shape index (κ1) is 33.8. The molecule has 0 fully saturated rings. The van der Waals surface area contributed by atoms with Gasteiger partial charge in [-0.25, -0.2) is 0 Å². The second-order valence-corrected chi connectivity index (χ2v) is 14.1. The monoisotopic (exact) mass is 700 g/mol. The first-order chi connectivity index (χ1) is 27.2. The number of aryl methyl sites for hydroxylation is 1. The fourth-order valence-electron chi connectivity index (χ4n) is 8.16. The molecule has 0 saturated carbocycles. The average molecular weight is 701 g/mol. The fourth-order valence-corrected chi connectivity index (χ4v) is 8.16. The van der Waals surface area contributed by atoms with Crippen molar-refractivity contribution in [3.05, 3.63) is 230 Å². The minimum atomic E-state index is 1.18. The van der Waals surface area contributed by atoms with E-state index in [0.717, 1.165) is 0 Å². The number of benzene rings is 9. The molecule has 0 aliphatic heterocycles. The summed E-state index contributed by atoms with van der Waals surface area (Å²) in [6.45, 7) is 2.25. The summed E-state index contributed by atoms with van der Waals surface area (Å²) in [6.07, 6.45) is 0. The maximum absolute atomic E-state index is 2.39. The highest BCUT2D eigenvalue weighted by atomic mass is 14.3. The van der Waals surface area contributed by atoms with E-state index < -0.39 is 0 Å². The van der Waals surface area contributed by atoms with E-state index in [-0.39, 0.29) is 0 Å². The SMILES string of the molecule is Cc1cc(-c2ccccc2)c(-c2ccc(-c3c(-c4ccccc4)ccc(-c4ccccc4)c3-c3ccccc3)cc2)c(-c2ccccc2)c1-c1ccccc1. The third-order valence-electron chi connectivity index (χ3n) is 10.6. The quantitative estimate of drug-likeness (QED) is 0.148. The molecule has 55 heavy (non-hydrogen) atoms. The van der Waals surface area contributed by atoms with Crippen LogP contribution in [0.3, 0.4) is 0 Å². The van der Waals surface area contributed by atoms with Crippen molar-refractivity contribution in [1.82, 2.24) is 0 Å². The maximum Gasteiger partial charge on any atom is -0.00179 e. The lowest BCUT2D eigenvalue weighted by Gasteiger charge is -2.24. The van der Waals surface area contributed by atoms with Crippen LogP contribution in [0.1, 0.15) is 5.56 Å². The lowest BCUT2D eigenvalue weighted by molar-refractivity contribution is 1.44. The third-order valence-corrected chi connectivity index (χ3v) is 10.6. The highest BCUT2D eigenvalue weighted by Gasteiger charge is 2.23. The van der Waals surface area contributed by atoms with E-state index in [0.29, 0.717) is 0 Å². The third kappa shape index (κ3) is 6.60. The lowest BCUT2D eigenvalue weighted by Crippen LogP contribution is -1.98. The molecule has 0 bridgehead atoms. The second-order valence-electron chi connectivity index (χ2n) is 14.1. The summed E-state index contributed by atoms with van der Waals surface area (Å²) in [5.74, 6) is 0. The van der Waals surface area contributed by atoms with Crippen molar-refractivity contribution < 1.29 is 0 Å². The zero-order valence-corrected chi connectivity index (χ0v) is 30.9. The van der Waals surface area contributed by atoms with Gasteiger partial charge in [-0.1, -0.05) is 224 Å². The number of rotatable bonds is 8. The minimum absolute atomic E-state index is 1.18. The summed E-state index contributed by atoms with van der Waals surface area (Å²) in [7, 11) is 0. The van der Waals surface area contributed by atoms with E-state index in [4.69, 9.17) is 0 Å². The number of hydrogen-bond acceptors (Lipinski definition) is 0. The molecule has 9 aromatic carbocycles. The van der Waals surface area contributed by atoms with Crippen LogP contribution in [0.4, 0.5) is 0 Å². The Morgan fingerprint density at radius 1 is 0.200 bits per heavy atom. The van der Waals surface area contributed by atoms with Crippen molar-refractivity contribution in [1.29, 1.82) is 0 Å². The Bertz CT molecular complexity index is 2680. The fraction of sp³-hybridized carbons (Fsp3) is 0.0182. The summed E-state index contributed by atoms with van der Waals surface area (Å²) < 4.78 is 0. The van der Waals surface area contributed by atoms with Gasteiger partial charge in [0.1, 0.15) is 0 Å². The van der Waals surface area contributed by atoms with E-state index >= 15 is 0 Å². The van der Waals surface area contributed by atoms with E-state index in [1.165, 1.54) is 94.6 Å². The summed E-state index contributed by atoms with van der Waals surface area (Å²) in [5.41, 5.74) is 20.7. The molecule has 9 aromatic rings. The molecule has 0 spiro atoms. The van der Waals surface area contributed by atoms with Gasteiger partial charge in [0.05, 0.1) is 0 Å². The molecule has 9 rings (SSSR count). The van der Waals surface area contributed by atoms with Gasteiger partial charge in [0.2, 0.25) is 0 Å². The minimum Gasteiger partial charge on any atom is -0.0622 e. The van der Waals surface area contributed by atoms with Crippen molar-refractivity contribution in [3.63, 3.8) is 0 Å². The Labute approximate surface area is 324 Å². The zero-order valence-electron chi connectivity index (χ0n) is 30.9. The van der Waals surface area contributed by atoms with Gasteiger partial charge in [0, 0.05) is 0 Å². The van der Waals surface area contributed by atoms with Gasteiger partial charge in [0.25, 0.3) is 0 Å². The average Bonchev–Trinajstić information content (AvgIpc) is 3.27. The van der Waals surface area contributed by atoms with Crippen LogP contribution >= 0.6 is 0 Å². The molecule has 260 valence electrons. The van der Waals surface area contributed by atoms with Crippen LogP contribution in [0, 0.1) is 6.92 Å². The largest absolute Gasteiger partial charge is 0.0622 e. The molecular formula is C55H40. The maximum atomic E-state index is 2.39. The summed E-state index contributed by atoms with van der Waals surface area (Å²) in [6, 6.07) is 81.4. The molecule has 0 aliphatic carbocycles. The molecule has 0 aliphatic rings.